The monoisotopic (exact) mass is 409 g/mol. The van der Waals surface area contributed by atoms with Crippen molar-refractivity contribution in [2.45, 2.75) is 18.8 Å². The van der Waals surface area contributed by atoms with Crippen LogP contribution >= 0.6 is 0 Å². The zero-order chi connectivity index (χ0) is 20.7. The Labute approximate surface area is 170 Å². The van der Waals surface area contributed by atoms with Crippen LogP contribution in [0, 0.1) is 11.6 Å². The third-order valence-corrected chi connectivity index (χ3v) is 5.49. The van der Waals surface area contributed by atoms with E-state index in [1.54, 1.807) is 29.2 Å². The zero-order valence-corrected chi connectivity index (χ0v) is 15.8. The summed E-state index contributed by atoms with van der Waals surface area (Å²) >= 11 is 0. The summed E-state index contributed by atoms with van der Waals surface area (Å²) in [5.74, 6) is -0.374. The first-order valence-corrected chi connectivity index (χ1v) is 9.65. The molecule has 1 amide bonds. The molecule has 6 nitrogen and oxygen atoms in total. The van der Waals surface area contributed by atoms with Crippen molar-refractivity contribution in [2.24, 2.45) is 0 Å². The highest BCUT2D eigenvalue weighted by atomic mass is 19.1. The molecule has 4 aromatic rings. The number of piperidine rings is 1. The van der Waals surface area contributed by atoms with Crippen LogP contribution < -0.4 is 0 Å². The van der Waals surface area contributed by atoms with Crippen LogP contribution in [0.15, 0.2) is 57.6 Å². The van der Waals surface area contributed by atoms with Gasteiger partial charge in [-0.1, -0.05) is 10.3 Å². The van der Waals surface area contributed by atoms with Crippen molar-refractivity contribution in [3.8, 4) is 11.3 Å². The molecule has 2 aromatic carbocycles. The van der Waals surface area contributed by atoms with Gasteiger partial charge in [-0.2, -0.15) is 0 Å². The van der Waals surface area contributed by atoms with Gasteiger partial charge in [0.25, 0.3) is 5.91 Å². The lowest BCUT2D eigenvalue weighted by Crippen LogP contribution is -2.38. The number of fused-ring (bicyclic) bond motifs is 1. The standard InChI is InChI=1S/C22H17F2N3O3/c23-15-3-1-13(2-4-15)19-12-18(25-29-19)22(28)27-9-7-14(8-10-27)21-17-6-5-16(24)11-20(17)30-26-21/h1-6,11-12,14H,7-10H2. The molecule has 30 heavy (non-hydrogen) atoms. The third kappa shape index (κ3) is 3.34. The molecule has 1 aliphatic heterocycles. The lowest BCUT2D eigenvalue weighted by Gasteiger charge is -2.30. The number of nitrogens with zero attached hydrogens (tertiary/aromatic N) is 3. The Morgan fingerprint density at radius 1 is 0.933 bits per heavy atom. The topological polar surface area (TPSA) is 72.4 Å². The molecule has 0 saturated carbocycles. The first-order chi connectivity index (χ1) is 14.6. The summed E-state index contributed by atoms with van der Waals surface area (Å²) in [6.07, 6.45) is 1.43. The number of likely N-dealkylation sites (tertiary alicyclic amines) is 1. The Balaban J connectivity index is 1.27. The summed E-state index contributed by atoms with van der Waals surface area (Å²) in [5.41, 5.74) is 2.10. The summed E-state index contributed by atoms with van der Waals surface area (Å²) in [4.78, 5) is 14.5. The van der Waals surface area contributed by atoms with Gasteiger partial charge in [0, 0.05) is 42.1 Å². The minimum absolute atomic E-state index is 0.132. The van der Waals surface area contributed by atoms with Crippen LogP contribution in [0.4, 0.5) is 8.78 Å². The van der Waals surface area contributed by atoms with Crippen molar-refractivity contribution in [1.82, 2.24) is 15.2 Å². The average molecular weight is 409 g/mol. The van der Waals surface area contributed by atoms with Gasteiger partial charge < -0.3 is 13.9 Å². The van der Waals surface area contributed by atoms with Crippen LogP contribution in [0.2, 0.25) is 0 Å². The van der Waals surface area contributed by atoms with E-state index in [-0.39, 0.29) is 29.2 Å². The fourth-order valence-corrected chi connectivity index (χ4v) is 3.87. The number of benzene rings is 2. The molecule has 0 bridgehead atoms. The van der Waals surface area contributed by atoms with Crippen molar-refractivity contribution in [2.75, 3.05) is 13.1 Å². The fraction of sp³-hybridized carbons (Fsp3) is 0.227. The predicted octanol–water partition coefficient (Wildman–Crippen LogP) is 4.78. The van der Waals surface area contributed by atoms with E-state index in [2.05, 4.69) is 10.3 Å². The second-order valence-electron chi connectivity index (χ2n) is 7.36. The number of halogens is 2. The van der Waals surface area contributed by atoms with E-state index >= 15 is 0 Å². The first-order valence-electron chi connectivity index (χ1n) is 9.65. The molecule has 3 heterocycles. The van der Waals surface area contributed by atoms with E-state index in [9.17, 15) is 13.6 Å². The molecular formula is C22H17F2N3O3. The molecule has 1 fully saturated rings. The zero-order valence-electron chi connectivity index (χ0n) is 15.8. The molecule has 1 saturated heterocycles. The Morgan fingerprint density at radius 2 is 1.67 bits per heavy atom. The molecule has 0 aliphatic carbocycles. The van der Waals surface area contributed by atoms with E-state index in [4.69, 9.17) is 9.05 Å². The van der Waals surface area contributed by atoms with E-state index < -0.39 is 0 Å². The molecule has 152 valence electrons. The van der Waals surface area contributed by atoms with Crippen LogP contribution in [-0.4, -0.2) is 34.2 Å². The third-order valence-electron chi connectivity index (χ3n) is 5.49. The van der Waals surface area contributed by atoms with Crippen LogP contribution in [0.1, 0.15) is 34.9 Å². The van der Waals surface area contributed by atoms with Crippen molar-refractivity contribution in [1.29, 1.82) is 0 Å². The Kier molecular flexibility index (Phi) is 4.54. The number of aromatic nitrogens is 2. The number of hydrogen-bond donors (Lipinski definition) is 0. The molecule has 0 spiro atoms. The minimum atomic E-state index is -0.363. The smallest absolute Gasteiger partial charge is 0.276 e. The quantitative estimate of drug-likeness (QED) is 0.487. The minimum Gasteiger partial charge on any atom is -0.356 e. The number of carbonyl (C=O) groups is 1. The van der Waals surface area contributed by atoms with Crippen LogP contribution in [0.3, 0.4) is 0 Å². The second-order valence-corrected chi connectivity index (χ2v) is 7.36. The maximum absolute atomic E-state index is 13.4. The number of carbonyl (C=O) groups excluding carboxylic acids is 1. The molecule has 0 atom stereocenters. The maximum atomic E-state index is 13.4. The van der Waals surface area contributed by atoms with Crippen molar-refractivity contribution in [3.63, 3.8) is 0 Å². The van der Waals surface area contributed by atoms with Gasteiger partial charge in [0.05, 0.1) is 5.69 Å². The summed E-state index contributed by atoms with van der Waals surface area (Å²) in [5, 5.41) is 8.82. The van der Waals surface area contributed by atoms with Gasteiger partial charge in [-0.3, -0.25) is 4.79 Å². The Morgan fingerprint density at radius 3 is 2.43 bits per heavy atom. The molecule has 2 aromatic heterocycles. The number of rotatable bonds is 3. The molecule has 5 rings (SSSR count). The summed E-state index contributed by atoms with van der Waals surface area (Å²) < 4.78 is 37.0. The Hall–Kier alpha value is -3.55. The van der Waals surface area contributed by atoms with Gasteiger partial charge in [0.15, 0.2) is 17.0 Å². The van der Waals surface area contributed by atoms with Crippen LogP contribution in [-0.2, 0) is 0 Å². The van der Waals surface area contributed by atoms with E-state index in [1.807, 2.05) is 0 Å². The Bertz CT molecular complexity index is 1210. The van der Waals surface area contributed by atoms with Crippen molar-refractivity contribution < 1.29 is 22.6 Å². The molecule has 0 unspecified atom stereocenters. The number of amides is 1. The van der Waals surface area contributed by atoms with Gasteiger partial charge in [0.1, 0.15) is 11.6 Å². The van der Waals surface area contributed by atoms with E-state index in [0.717, 1.165) is 11.1 Å². The largest absolute Gasteiger partial charge is 0.356 e. The SMILES string of the molecule is O=C(c1cc(-c2ccc(F)cc2)on1)N1CCC(c2noc3cc(F)ccc23)CC1. The van der Waals surface area contributed by atoms with E-state index in [1.165, 1.54) is 24.3 Å². The molecule has 0 N–H and O–H groups in total. The summed E-state index contributed by atoms with van der Waals surface area (Å²) in [7, 11) is 0. The van der Waals surface area contributed by atoms with Gasteiger partial charge in [-0.15, -0.1) is 0 Å². The summed E-state index contributed by atoms with van der Waals surface area (Å²) in [6, 6.07) is 11.8. The number of hydrogen-bond acceptors (Lipinski definition) is 5. The molecular weight excluding hydrogens is 392 g/mol. The lowest BCUT2D eigenvalue weighted by molar-refractivity contribution is 0.0701. The highest BCUT2D eigenvalue weighted by molar-refractivity contribution is 5.93. The van der Waals surface area contributed by atoms with Crippen molar-refractivity contribution in [3.05, 3.63) is 71.6 Å². The lowest BCUT2D eigenvalue weighted by atomic mass is 9.91. The fourth-order valence-electron chi connectivity index (χ4n) is 3.87. The summed E-state index contributed by atoms with van der Waals surface area (Å²) in [6.45, 7) is 1.08. The van der Waals surface area contributed by atoms with Crippen LogP contribution in [0.5, 0.6) is 0 Å². The molecule has 8 heteroatoms. The second kappa shape index (κ2) is 7.37. The van der Waals surface area contributed by atoms with Gasteiger partial charge in [0.2, 0.25) is 0 Å². The predicted molar refractivity (Wildman–Crippen MR) is 104 cm³/mol. The average Bonchev–Trinajstić information content (AvgIpc) is 3.41. The van der Waals surface area contributed by atoms with Gasteiger partial charge in [-0.25, -0.2) is 8.78 Å². The first kappa shape index (κ1) is 18.5. The highest BCUT2D eigenvalue weighted by Crippen LogP contribution is 2.33. The van der Waals surface area contributed by atoms with Gasteiger partial charge >= 0.3 is 0 Å². The molecule has 1 aliphatic rings. The highest BCUT2D eigenvalue weighted by Gasteiger charge is 2.29. The maximum Gasteiger partial charge on any atom is 0.276 e. The normalized spacial score (nSPS) is 15.1. The molecule has 0 radical (unpaired) electrons. The van der Waals surface area contributed by atoms with Gasteiger partial charge in [-0.05, 0) is 49.2 Å². The van der Waals surface area contributed by atoms with Crippen LogP contribution in [0.25, 0.3) is 22.3 Å². The van der Waals surface area contributed by atoms with Crippen molar-refractivity contribution >= 4 is 16.9 Å². The van der Waals surface area contributed by atoms with E-state index in [0.29, 0.717) is 42.8 Å².